The van der Waals surface area contributed by atoms with Crippen molar-refractivity contribution in [3.8, 4) is 0 Å². The van der Waals surface area contributed by atoms with Gasteiger partial charge in [-0.25, -0.2) is 0 Å². The minimum Gasteiger partial charge on any atom is -0.385 e. The molecule has 0 saturated carbocycles. The highest BCUT2D eigenvalue weighted by molar-refractivity contribution is 6.44. The molecule has 0 unspecified atom stereocenters. The van der Waals surface area contributed by atoms with Gasteiger partial charge in [0.15, 0.2) is 0 Å². The molecule has 110 valence electrons. The molecule has 0 radical (unpaired) electrons. The first-order valence-electron chi connectivity index (χ1n) is 6.88. The van der Waals surface area contributed by atoms with Gasteiger partial charge in [0, 0.05) is 18.8 Å². The Morgan fingerprint density at radius 3 is 2.71 bits per heavy atom. The van der Waals surface area contributed by atoms with Gasteiger partial charge in [0.25, 0.3) is 0 Å². The Labute approximate surface area is 139 Å². The Morgan fingerprint density at radius 2 is 1.86 bits per heavy atom. The van der Waals surface area contributed by atoms with E-state index in [-0.39, 0.29) is 0 Å². The number of hydrogen-bond donors (Lipinski definition) is 2. The van der Waals surface area contributed by atoms with Crippen LogP contribution in [0.2, 0.25) is 15.1 Å². The molecule has 21 heavy (non-hydrogen) atoms. The largest absolute Gasteiger partial charge is 0.385 e. The Balaban J connectivity index is 1.81. The highest BCUT2D eigenvalue weighted by Crippen LogP contribution is 2.33. The number of para-hydroxylation sites is 1. The van der Waals surface area contributed by atoms with E-state index in [1.54, 1.807) is 12.1 Å². The molecule has 0 atom stereocenters. The molecule has 0 aliphatic carbocycles. The molecule has 3 rings (SSSR count). The van der Waals surface area contributed by atoms with Gasteiger partial charge in [0.2, 0.25) is 0 Å². The van der Waals surface area contributed by atoms with Crippen LogP contribution in [-0.2, 0) is 13.0 Å². The average Bonchev–Trinajstić information content (AvgIpc) is 2.49. The Morgan fingerprint density at radius 1 is 1.05 bits per heavy atom. The summed E-state index contributed by atoms with van der Waals surface area (Å²) in [4.78, 5) is 0. The fourth-order valence-corrected chi connectivity index (χ4v) is 3.19. The lowest BCUT2D eigenvalue weighted by atomic mass is 9.99. The first-order valence-corrected chi connectivity index (χ1v) is 8.01. The van der Waals surface area contributed by atoms with Crippen LogP contribution in [-0.4, -0.2) is 6.54 Å². The van der Waals surface area contributed by atoms with Crippen LogP contribution in [0.3, 0.4) is 0 Å². The molecule has 1 aliphatic heterocycles. The maximum Gasteiger partial charge on any atom is 0.0653 e. The normalized spacial score (nSPS) is 13.5. The molecule has 0 saturated heterocycles. The van der Waals surface area contributed by atoms with Gasteiger partial charge in [-0.05, 0) is 36.1 Å². The average molecular weight is 342 g/mol. The van der Waals surface area contributed by atoms with Crippen LogP contribution in [0.15, 0.2) is 30.3 Å². The summed E-state index contributed by atoms with van der Waals surface area (Å²) < 4.78 is 0. The van der Waals surface area contributed by atoms with Gasteiger partial charge in [-0.3, -0.25) is 0 Å². The molecule has 2 aromatic carbocycles. The zero-order valence-corrected chi connectivity index (χ0v) is 13.6. The molecule has 0 spiro atoms. The summed E-state index contributed by atoms with van der Waals surface area (Å²) in [6, 6.07) is 9.81. The Hall–Kier alpha value is -1.09. The van der Waals surface area contributed by atoms with E-state index in [1.165, 1.54) is 23.2 Å². The van der Waals surface area contributed by atoms with Crippen molar-refractivity contribution in [2.45, 2.75) is 19.4 Å². The maximum absolute atomic E-state index is 6.19. The number of benzene rings is 2. The summed E-state index contributed by atoms with van der Waals surface area (Å²) in [6.45, 7) is 1.71. The first kappa shape index (κ1) is 14.8. The molecular weight excluding hydrogens is 327 g/mol. The van der Waals surface area contributed by atoms with Crippen LogP contribution < -0.4 is 10.6 Å². The monoisotopic (exact) mass is 340 g/mol. The molecular formula is C16H15Cl3N2. The topological polar surface area (TPSA) is 24.1 Å². The van der Waals surface area contributed by atoms with Crippen molar-refractivity contribution < 1.29 is 0 Å². The van der Waals surface area contributed by atoms with E-state index in [9.17, 15) is 0 Å². The van der Waals surface area contributed by atoms with E-state index >= 15 is 0 Å². The molecule has 2 nitrogen and oxygen atoms in total. The van der Waals surface area contributed by atoms with E-state index < -0.39 is 0 Å². The van der Waals surface area contributed by atoms with Crippen LogP contribution in [0.1, 0.15) is 17.5 Å². The lowest BCUT2D eigenvalue weighted by Gasteiger charge is -2.21. The van der Waals surface area contributed by atoms with Crippen molar-refractivity contribution in [2.24, 2.45) is 0 Å². The zero-order chi connectivity index (χ0) is 14.8. The van der Waals surface area contributed by atoms with Crippen molar-refractivity contribution in [1.82, 2.24) is 0 Å². The summed E-state index contributed by atoms with van der Waals surface area (Å²) in [5, 5.41) is 8.35. The molecule has 1 aliphatic rings. The smallest absolute Gasteiger partial charge is 0.0653 e. The minimum atomic E-state index is 0.464. The molecule has 2 aromatic rings. The minimum absolute atomic E-state index is 0.464. The highest BCUT2D eigenvalue weighted by Gasteiger charge is 2.12. The zero-order valence-electron chi connectivity index (χ0n) is 11.3. The fourth-order valence-electron chi connectivity index (χ4n) is 2.58. The van der Waals surface area contributed by atoms with E-state index in [0.29, 0.717) is 21.6 Å². The third-order valence-corrected chi connectivity index (χ3v) is 4.68. The maximum atomic E-state index is 6.19. The second-order valence-corrected chi connectivity index (χ2v) is 6.30. The summed E-state index contributed by atoms with van der Waals surface area (Å²) in [6.07, 6.45) is 2.31. The molecule has 0 bridgehead atoms. The van der Waals surface area contributed by atoms with Gasteiger partial charge < -0.3 is 10.6 Å². The van der Waals surface area contributed by atoms with E-state index in [0.717, 1.165) is 18.7 Å². The van der Waals surface area contributed by atoms with Gasteiger partial charge in [-0.15, -0.1) is 0 Å². The number of aryl methyl sites for hydroxylation is 1. The highest BCUT2D eigenvalue weighted by atomic mass is 35.5. The van der Waals surface area contributed by atoms with Crippen LogP contribution in [0.5, 0.6) is 0 Å². The molecule has 5 heteroatoms. The van der Waals surface area contributed by atoms with Crippen molar-refractivity contribution in [1.29, 1.82) is 0 Å². The number of rotatable bonds is 3. The number of anilines is 2. The lowest BCUT2D eigenvalue weighted by molar-refractivity contribution is 0.825. The molecule has 0 amide bonds. The van der Waals surface area contributed by atoms with Crippen LogP contribution >= 0.6 is 34.8 Å². The number of halogens is 3. The Kier molecular flexibility index (Phi) is 4.48. The van der Waals surface area contributed by atoms with E-state index in [1.807, 2.05) is 0 Å². The van der Waals surface area contributed by atoms with Crippen LogP contribution in [0.4, 0.5) is 11.4 Å². The second kappa shape index (κ2) is 6.35. The quantitative estimate of drug-likeness (QED) is 0.708. The molecule has 2 N–H and O–H groups in total. The fraction of sp³-hybridized carbons (Fsp3) is 0.250. The second-order valence-electron chi connectivity index (χ2n) is 5.08. The van der Waals surface area contributed by atoms with Gasteiger partial charge in [-0.1, -0.05) is 53.0 Å². The predicted molar refractivity (Wildman–Crippen MR) is 92.1 cm³/mol. The van der Waals surface area contributed by atoms with Crippen LogP contribution in [0.25, 0.3) is 0 Å². The number of hydrogen-bond acceptors (Lipinski definition) is 2. The van der Waals surface area contributed by atoms with Crippen molar-refractivity contribution in [3.63, 3.8) is 0 Å². The molecule has 1 heterocycles. The van der Waals surface area contributed by atoms with Gasteiger partial charge in [0.05, 0.1) is 20.8 Å². The summed E-state index contributed by atoms with van der Waals surface area (Å²) in [7, 11) is 0. The van der Waals surface area contributed by atoms with Crippen molar-refractivity contribution in [2.75, 3.05) is 17.2 Å². The molecule has 0 aromatic heterocycles. The van der Waals surface area contributed by atoms with Gasteiger partial charge in [0.1, 0.15) is 0 Å². The third-order valence-electron chi connectivity index (χ3n) is 3.64. The standard InChI is InChI=1S/C16H15Cl3N2/c17-12-7-14(19)15(8-13(12)18)21-9-11-4-1-3-10-5-2-6-20-16(10)11/h1,3-4,7-8,20-21H,2,5-6,9H2. The summed E-state index contributed by atoms with van der Waals surface area (Å²) in [5.41, 5.74) is 4.64. The first-order chi connectivity index (χ1) is 10.1. The Bertz CT molecular complexity index is 671. The SMILES string of the molecule is Clc1cc(Cl)c(NCc2cccc3c2NCCC3)cc1Cl. The number of nitrogens with one attached hydrogen (secondary N) is 2. The van der Waals surface area contributed by atoms with Crippen LogP contribution in [0, 0.1) is 0 Å². The predicted octanol–water partition coefficient (Wildman–Crippen LogP) is 5.62. The van der Waals surface area contributed by atoms with E-state index in [4.69, 9.17) is 34.8 Å². The van der Waals surface area contributed by atoms with Crippen molar-refractivity contribution in [3.05, 3.63) is 56.5 Å². The van der Waals surface area contributed by atoms with Gasteiger partial charge >= 0.3 is 0 Å². The summed E-state index contributed by atoms with van der Waals surface area (Å²) >= 11 is 18.2. The third kappa shape index (κ3) is 3.23. The molecule has 0 fully saturated rings. The lowest BCUT2D eigenvalue weighted by Crippen LogP contribution is -2.15. The van der Waals surface area contributed by atoms with Gasteiger partial charge in [-0.2, -0.15) is 0 Å². The van der Waals surface area contributed by atoms with E-state index in [2.05, 4.69) is 28.8 Å². The summed E-state index contributed by atoms with van der Waals surface area (Å²) in [5.74, 6) is 0. The number of fused-ring (bicyclic) bond motifs is 1. The van der Waals surface area contributed by atoms with Crippen molar-refractivity contribution >= 4 is 46.2 Å².